The maximum absolute atomic E-state index is 13.0. The fourth-order valence-electron chi connectivity index (χ4n) is 5.06. The molecule has 164 valence electrons. The summed E-state index contributed by atoms with van der Waals surface area (Å²) in [6.45, 7) is 5.88. The molecule has 0 bridgehead atoms. The maximum atomic E-state index is 13.0. The van der Waals surface area contributed by atoms with E-state index in [1.54, 1.807) is 0 Å². The third-order valence-corrected chi connectivity index (χ3v) is 6.84. The lowest BCUT2D eigenvalue weighted by Crippen LogP contribution is -2.51. The number of hydrogen-bond donors (Lipinski definition) is 0. The Hall–Kier alpha value is -2.95. The van der Waals surface area contributed by atoms with Crippen molar-refractivity contribution in [3.8, 4) is 0 Å². The Labute approximate surface area is 191 Å². The van der Waals surface area contributed by atoms with E-state index in [2.05, 4.69) is 94.7 Å². The zero-order valence-corrected chi connectivity index (χ0v) is 18.6. The number of rotatable bonds is 5. The molecule has 0 unspecified atom stereocenters. The van der Waals surface area contributed by atoms with Gasteiger partial charge in [0, 0.05) is 39.3 Å². The minimum Gasteiger partial charge on any atom is -0.337 e. The van der Waals surface area contributed by atoms with Crippen LogP contribution in [0.4, 0.5) is 0 Å². The van der Waals surface area contributed by atoms with Gasteiger partial charge in [0.2, 0.25) is 5.91 Å². The first-order chi connectivity index (χ1) is 15.8. The van der Waals surface area contributed by atoms with Crippen molar-refractivity contribution >= 4 is 5.91 Å². The average molecular weight is 426 g/mol. The van der Waals surface area contributed by atoms with Crippen LogP contribution in [-0.2, 0) is 17.8 Å². The molecule has 0 radical (unpaired) electrons. The van der Waals surface area contributed by atoms with E-state index in [1.165, 1.54) is 22.3 Å². The number of benzene rings is 3. The van der Waals surface area contributed by atoms with Gasteiger partial charge >= 0.3 is 0 Å². The van der Waals surface area contributed by atoms with Crippen molar-refractivity contribution < 1.29 is 4.79 Å². The lowest BCUT2D eigenvalue weighted by molar-refractivity contribution is -0.133. The number of fused-ring (bicyclic) bond motifs is 1. The molecular formula is C28H31N3O. The molecule has 0 atom stereocenters. The predicted octanol–water partition coefficient (Wildman–Crippen LogP) is 3.98. The lowest BCUT2D eigenvalue weighted by atomic mass is 9.96. The van der Waals surface area contributed by atoms with Crippen molar-refractivity contribution in [1.29, 1.82) is 0 Å². The first kappa shape index (κ1) is 20.9. The Balaban J connectivity index is 1.21. The minimum absolute atomic E-state index is 0.258. The summed E-state index contributed by atoms with van der Waals surface area (Å²) in [5, 5.41) is 0. The van der Waals surface area contributed by atoms with Gasteiger partial charge in [0.15, 0.2) is 0 Å². The maximum Gasteiger partial charge on any atom is 0.237 e. The molecule has 1 amide bonds. The van der Waals surface area contributed by atoms with Gasteiger partial charge in [0.25, 0.3) is 0 Å². The van der Waals surface area contributed by atoms with Crippen molar-refractivity contribution in [2.24, 2.45) is 0 Å². The summed E-state index contributed by atoms with van der Waals surface area (Å²) >= 11 is 0. The van der Waals surface area contributed by atoms with Crippen LogP contribution >= 0.6 is 0 Å². The average Bonchev–Trinajstić information content (AvgIpc) is 2.86. The normalized spacial score (nSPS) is 17.3. The van der Waals surface area contributed by atoms with Crippen LogP contribution < -0.4 is 0 Å². The Morgan fingerprint density at radius 3 is 1.88 bits per heavy atom. The lowest BCUT2D eigenvalue weighted by Gasteiger charge is -2.40. The third kappa shape index (κ3) is 4.62. The van der Waals surface area contributed by atoms with Gasteiger partial charge in [-0.2, -0.15) is 0 Å². The summed E-state index contributed by atoms with van der Waals surface area (Å²) < 4.78 is 0. The van der Waals surface area contributed by atoms with Crippen LogP contribution in [0.2, 0.25) is 0 Å². The Kier molecular flexibility index (Phi) is 6.33. The standard InChI is InChI=1S/C28H31N3O/c32-27(31-16-15-23-9-7-8-14-26(23)21-31)22-29-17-19-30(20-18-29)28(24-10-3-1-4-11-24)25-12-5-2-6-13-25/h1-14,28H,15-22H2. The molecule has 1 fully saturated rings. The quantitative estimate of drug-likeness (QED) is 0.619. The van der Waals surface area contributed by atoms with Crippen LogP contribution in [0.15, 0.2) is 84.9 Å². The van der Waals surface area contributed by atoms with Gasteiger partial charge in [0.1, 0.15) is 0 Å². The third-order valence-electron chi connectivity index (χ3n) is 6.84. The van der Waals surface area contributed by atoms with Crippen molar-refractivity contribution in [3.05, 3.63) is 107 Å². The highest BCUT2D eigenvalue weighted by atomic mass is 16.2. The van der Waals surface area contributed by atoms with Crippen LogP contribution in [0, 0.1) is 0 Å². The van der Waals surface area contributed by atoms with E-state index in [4.69, 9.17) is 0 Å². The molecule has 4 nitrogen and oxygen atoms in total. The number of carbonyl (C=O) groups is 1. The van der Waals surface area contributed by atoms with Crippen LogP contribution in [0.1, 0.15) is 28.3 Å². The molecule has 0 spiro atoms. The molecule has 1 saturated heterocycles. The van der Waals surface area contributed by atoms with E-state index in [0.29, 0.717) is 6.54 Å². The second kappa shape index (κ2) is 9.68. The summed E-state index contributed by atoms with van der Waals surface area (Å²) in [5.41, 5.74) is 5.34. The molecule has 0 N–H and O–H groups in total. The largest absolute Gasteiger partial charge is 0.337 e. The highest BCUT2D eigenvalue weighted by molar-refractivity contribution is 5.78. The molecule has 32 heavy (non-hydrogen) atoms. The fraction of sp³-hybridized carbons (Fsp3) is 0.321. The van der Waals surface area contributed by atoms with E-state index >= 15 is 0 Å². The molecule has 3 aromatic carbocycles. The zero-order chi connectivity index (χ0) is 21.8. The zero-order valence-electron chi connectivity index (χ0n) is 18.6. The predicted molar refractivity (Wildman–Crippen MR) is 128 cm³/mol. The monoisotopic (exact) mass is 425 g/mol. The van der Waals surface area contributed by atoms with E-state index in [0.717, 1.165) is 45.7 Å². The number of carbonyl (C=O) groups excluding carboxylic acids is 1. The Morgan fingerprint density at radius 2 is 1.25 bits per heavy atom. The van der Waals surface area contributed by atoms with Crippen LogP contribution in [0.5, 0.6) is 0 Å². The Bertz CT molecular complexity index is 989. The van der Waals surface area contributed by atoms with E-state index in [-0.39, 0.29) is 11.9 Å². The van der Waals surface area contributed by atoms with Gasteiger partial charge < -0.3 is 4.90 Å². The van der Waals surface area contributed by atoms with Gasteiger partial charge in [-0.25, -0.2) is 0 Å². The number of amides is 1. The van der Waals surface area contributed by atoms with Crippen molar-refractivity contribution in [3.63, 3.8) is 0 Å². The molecule has 3 aromatic rings. The van der Waals surface area contributed by atoms with Crippen LogP contribution in [0.3, 0.4) is 0 Å². The van der Waals surface area contributed by atoms with E-state index in [1.807, 2.05) is 4.90 Å². The summed E-state index contributed by atoms with van der Waals surface area (Å²) in [4.78, 5) is 19.9. The van der Waals surface area contributed by atoms with E-state index in [9.17, 15) is 4.79 Å². The summed E-state index contributed by atoms with van der Waals surface area (Å²) in [7, 11) is 0. The smallest absolute Gasteiger partial charge is 0.237 e. The van der Waals surface area contributed by atoms with Crippen LogP contribution in [0.25, 0.3) is 0 Å². The highest BCUT2D eigenvalue weighted by Crippen LogP contribution is 2.29. The molecule has 5 rings (SSSR count). The van der Waals surface area contributed by atoms with Gasteiger partial charge in [-0.15, -0.1) is 0 Å². The summed E-state index contributed by atoms with van der Waals surface area (Å²) in [6, 6.07) is 30.3. The summed E-state index contributed by atoms with van der Waals surface area (Å²) in [5.74, 6) is 0.260. The number of piperazine rings is 1. The number of nitrogens with zero attached hydrogens (tertiary/aromatic N) is 3. The van der Waals surface area contributed by atoms with Crippen molar-refractivity contribution in [2.75, 3.05) is 39.3 Å². The minimum atomic E-state index is 0.258. The second-order valence-corrected chi connectivity index (χ2v) is 8.87. The molecule has 4 heteroatoms. The molecule has 2 aliphatic rings. The van der Waals surface area contributed by atoms with Gasteiger partial charge in [-0.3, -0.25) is 14.6 Å². The summed E-state index contributed by atoms with van der Waals surface area (Å²) in [6.07, 6.45) is 0.964. The van der Waals surface area contributed by atoms with Crippen molar-refractivity contribution in [1.82, 2.24) is 14.7 Å². The molecule has 2 heterocycles. The highest BCUT2D eigenvalue weighted by Gasteiger charge is 2.28. The first-order valence-electron chi connectivity index (χ1n) is 11.7. The second-order valence-electron chi connectivity index (χ2n) is 8.87. The first-order valence-corrected chi connectivity index (χ1v) is 11.7. The van der Waals surface area contributed by atoms with Gasteiger partial charge in [0.05, 0.1) is 12.6 Å². The van der Waals surface area contributed by atoms with E-state index < -0.39 is 0 Å². The molecule has 0 saturated carbocycles. The molecule has 0 aliphatic carbocycles. The fourth-order valence-corrected chi connectivity index (χ4v) is 5.06. The molecule has 2 aliphatic heterocycles. The van der Waals surface area contributed by atoms with Gasteiger partial charge in [-0.05, 0) is 28.7 Å². The Morgan fingerprint density at radius 1 is 0.688 bits per heavy atom. The molecule has 0 aromatic heterocycles. The number of hydrogen-bond acceptors (Lipinski definition) is 3. The van der Waals surface area contributed by atoms with Crippen LogP contribution in [-0.4, -0.2) is 59.9 Å². The van der Waals surface area contributed by atoms with Crippen molar-refractivity contribution in [2.45, 2.75) is 19.0 Å². The topological polar surface area (TPSA) is 26.8 Å². The SMILES string of the molecule is O=C(CN1CCN(C(c2ccccc2)c2ccccc2)CC1)N1CCc2ccccc2C1. The van der Waals surface area contributed by atoms with Gasteiger partial charge in [-0.1, -0.05) is 84.9 Å². The molecular weight excluding hydrogens is 394 g/mol.